The number of hydrogen-bond acceptors (Lipinski definition) is 1. The molecule has 0 rings (SSSR count). The van der Waals surface area contributed by atoms with Gasteiger partial charge in [0.25, 0.3) is 0 Å². The van der Waals surface area contributed by atoms with Crippen molar-refractivity contribution in [3.05, 3.63) is 0 Å². The van der Waals surface area contributed by atoms with Gasteiger partial charge < -0.3 is 0 Å². The molecule has 0 amide bonds. The number of carbonyl (C=O) groups excluding carboxylic acids is 1. The Morgan fingerprint density at radius 2 is 2.20 bits per heavy atom. The monoisotopic (exact) mass is 203 g/mol. The van der Waals surface area contributed by atoms with E-state index in [0.29, 0.717) is 3.79 Å². The van der Waals surface area contributed by atoms with Crippen LogP contribution in [0.2, 0.25) is 0 Å². The molecule has 0 heterocycles. The minimum absolute atomic E-state index is 0.174. The summed E-state index contributed by atoms with van der Waals surface area (Å²) < 4.78 is 0.328. The topological polar surface area (TPSA) is 17.1 Å². The van der Waals surface area contributed by atoms with Gasteiger partial charge in [0.2, 0.25) is 0 Å². The first-order valence-electron chi connectivity index (χ1n) is 1.11. The molecule has 0 radical (unpaired) electrons. The molecule has 0 fully saturated rings. The van der Waals surface area contributed by atoms with Gasteiger partial charge >= 0.3 is 43.0 Å². The van der Waals surface area contributed by atoms with Crippen molar-refractivity contribution in [3.8, 4) is 0 Å². The van der Waals surface area contributed by atoms with Crippen molar-refractivity contribution in [3.63, 3.8) is 0 Å². The van der Waals surface area contributed by atoms with E-state index in [4.69, 9.17) is 0 Å². The Bertz CT molecular complexity index is 44.9. The predicted octanol–water partition coefficient (Wildman–Crippen LogP) is -2.59. The van der Waals surface area contributed by atoms with Gasteiger partial charge in [0.15, 0.2) is 0 Å². The first-order valence-corrected chi connectivity index (χ1v) is 6.36. The predicted molar refractivity (Wildman–Crippen MR) is 20.4 cm³/mol. The maximum absolute atomic E-state index is 9.84. The van der Waals surface area contributed by atoms with Crippen molar-refractivity contribution >= 4 is 10.7 Å². The molecular weight excluding hydrogens is 198 g/mol. The first kappa shape index (κ1) is 5.83. The number of hydrogen-bond donors (Lipinski definition) is 0. The number of carbonyl (C=O) groups is 1. The SMILES string of the molecule is CC(=O)[I-]P. The minimum atomic E-state index is -0.174. The van der Waals surface area contributed by atoms with Crippen LogP contribution in [-0.4, -0.2) is 3.79 Å². The van der Waals surface area contributed by atoms with E-state index in [-0.39, 0.29) is 20.7 Å². The van der Waals surface area contributed by atoms with Gasteiger partial charge in [-0.2, -0.15) is 0 Å². The fraction of sp³-hybridized carbons (Fsp3) is 0.500. The van der Waals surface area contributed by atoms with Crippen LogP contribution in [0.15, 0.2) is 0 Å². The van der Waals surface area contributed by atoms with Crippen molar-refractivity contribution in [2.75, 3.05) is 0 Å². The van der Waals surface area contributed by atoms with Crippen molar-refractivity contribution < 1.29 is 25.4 Å². The molecule has 0 aromatic heterocycles. The van der Waals surface area contributed by atoms with Crippen LogP contribution in [-0.2, 0) is 4.79 Å². The van der Waals surface area contributed by atoms with E-state index in [1.807, 2.05) is 0 Å². The summed E-state index contributed by atoms with van der Waals surface area (Å²) in [4.78, 5) is 9.84. The molecule has 5 heavy (non-hydrogen) atoms. The van der Waals surface area contributed by atoms with Gasteiger partial charge in [-0.3, -0.25) is 0 Å². The molecule has 0 aliphatic heterocycles. The standard InChI is InChI=1S/C2H5IOP/c1-2(4)3-5/h5H2,1H3/q-1. The Morgan fingerprint density at radius 1 is 2.00 bits per heavy atom. The van der Waals surface area contributed by atoms with Gasteiger partial charge in [0, 0.05) is 0 Å². The van der Waals surface area contributed by atoms with E-state index in [2.05, 4.69) is 6.88 Å². The van der Waals surface area contributed by atoms with Crippen molar-refractivity contribution in [1.82, 2.24) is 0 Å². The van der Waals surface area contributed by atoms with Crippen LogP contribution in [0.3, 0.4) is 0 Å². The van der Waals surface area contributed by atoms with Crippen molar-refractivity contribution in [2.45, 2.75) is 6.92 Å². The zero-order valence-electron chi connectivity index (χ0n) is 2.86. The Hall–Kier alpha value is 0.830. The van der Waals surface area contributed by atoms with Gasteiger partial charge in [-0.25, -0.2) is 0 Å². The van der Waals surface area contributed by atoms with Gasteiger partial charge in [0.05, 0.1) is 0 Å². The molecule has 1 atom stereocenters. The molecule has 0 aromatic carbocycles. The van der Waals surface area contributed by atoms with E-state index in [1.54, 1.807) is 6.92 Å². The first-order chi connectivity index (χ1) is 2.27. The van der Waals surface area contributed by atoms with Crippen LogP contribution < -0.4 is 20.7 Å². The fourth-order valence-corrected chi connectivity index (χ4v) is 0. The summed E-state index contributed by atoms with van der Waals surface area (Å²) in [6.45, 7) is 4.07. The zero-order chi connectivity index (χ0) is 4.28. The van der Waals surface area contributed by atoms with Gasteiger partial charge in [-0.05, 0) is 0 Å². The van der Waals surface area contributed by atoms with E-state index >= 15 is 0 Å². The maximum atomic E-state index is 9.84. The zero-order valence-corrected chi connectivity index (χ0v) is 6.18. The van der Waals surface area contributed by atoms with Crippen LogP contribution in [0, 0.1) is 0 Å². The molecule has 1 nitrogen and oxygen atoms in total. The molecule has 0 aromatic rings. The fourth-order valence-electron chi connectivity index (χ4n) is 0. The van der Waals surface area contributed by atoms with Crippen molar-refractivity contribution in [2.24, 2.45) is 0 Å². The molecule has 0 N–H and O–H groups in total. The van der Waals surface area contributed by atoms with Gasteiger partial charge in [-0.15, -0.1) is 0 Å². The summed E-state index contributed by atoms with van der Waals surface area (Å²) in [6, 6.07) is 0. The Morgan fingerprint density at radius 3 is 2.20 bits per heavy atom. The third-order valence-corrected chi connectivity index (χ3v) is 3.09. The molecule has 0 saturated carbocycles. The normalized spacial score (nSPS) is 8.40. The summed E-state index contributed by atoms with van der Waals surface area (Å²) in [6.07, 6.45) is 0. The molecule has 1 unspecified atom stereocenters. The second-order valence-electron chi connectivity index (χ2n) is 0.579. The number of halogens is 1. The third-order valence-electron chi connectivity index (χ3n) is 0.154. The summed E-state index contributed by atoms with van der Waals surface area (Å²) in [5.74, 6) is 0. The van der Waals surface area contributed by atoms with E-state index in [1.165, 1.54) is 0 Å². The number of rotatable bonds is 1. The van der Waals surface area contributed by atoms with Gasteiger partial charge in [-0.1, -0.05) is 0 Å². The molecule has 0 bridgehead atoms. The van der Waals surface area contributed by atoms with Gasteiger partial charge in [0.1, 0.15) is 0 Å². The molecule has 0 aliphatic carbocycles. The molecule has 32 valence electrons. The Kier molecular flexibility index (Phi) is 3.54. The second-order valence-corrected chi connectivity index (χ2v) is 4.19. The molecule has 0 spiro atoms. The quantitative estimate of drug-likeness (QED) is 0.259. The molecule has 0 aliphatic rings. The van der Waals surface area contributed by atoms with Crippen molar-refractivity contribution in [1.29, 1.82) is 0 Å². The van der Waals surface area contributed by atoms with E-state index < -0.39 is 0 Å². The Labute approximate surface area is 43.3 Å². The summed E-state index contributed by atoms with van der Waals surface area (Å²) >= 11 is -0.174. The van der Waals surface area contributed by atoms with Crippen LogP contribution >= 0.6 is 6.88 Å². The summed E-state index contributed by atoms with van der Waals surface area (Å²) in [5, 5.41) is 0. The Balaban J connectivity index is 2.85. The second kappa shape index (κ2) is 3.04. The molecule has 0 saturated heterocycles. The van der Waals surface area contributed by atoms with E-state index in [0.717, 1.165) is 0 Å². The van der Waals surface area contributed by atoms with Crippen LogP contribution in [0.4, 0.5) is 0 Å². The molecule has 3 heteroatoms. The average Bonchev–Trinajstić information content (AvgIpc) is 1.38. The third kappa shape index (κ3) is 4.83. The van der Waals surface area contributed by atoms with Crippen LogP contribution in [0.1, 0.15) is 6.92 Å². The van der Waals surface area contributed by atoms with Crippen LogP contribution in [0.5, 0.6) is 0 Å². The van der Waals surface area contributed by atoms with Crippen LogP contribution in [0.25, 0.3) is 0 Å². The van der Waals surface area contributed by atoms with E-state index in [9.17, 15) is 4.79 Å². The molecular formula is C2H5IOP-. The summed E-state index contributed by atoms with van der Waals surface area (Å²) in [7, 11) is 0. The summed E-state index contributed by atoms with van der Waals surface area (Å²) in [5.41, 5.74) is 0. The average molecular weight is 203 g/mol.